The summed E-state index contributed by atoms with van der Waals surface area (Å²) in [5.74, 6) is 1.06. The van der Waals surface area contributed by atoms with Gasteiger partial charge in [-0.2, -0.15) is 0 Å². The minimum atomic E-state index is 0. The molecular formula is C14H30IN3. The maximum Gasteiger partial charge on any atom is 0.194 e. The maximum atomic E-state index is 4.40. The van der Waals surface area contributed by atoms with Crippen molar-refractivity contribution in [3.8, 4) is 0 Å². The van der Waals surface area contributed by atoms with Gasteiger partial charge in [0.25, 0.3) is 0 Å². The van der Waals surface area contributed by atoms with Crippen LogP contribution in [0.25, 0.3) is 0 Å². The molecule has 18 heavy (non-hydrogen) atoms. The fraction of sp³-hybridized carbons (Fsp3) is 0.929. The number of hydrogen-bond acceptors (Lipinski definition) is 1. The molecule has 3 nitrogen and oxygen atoms in total. The van der Waals surface area contributed by atoms with Gasteiger partial charge < -0.3 is 10.2 Å². The van der Waals surface area contributed by atoms with E-state index < -0.39 is 0 Å². The Labute approximate surface area is 130 Å². The van der Waals surface area contributed by atoms with E-state index in [2.05, 4.69) is 49.8 Å². The molecule has 0 bridgehead atoms. The van der Waals surface area contributed by atoms with E-state index in [4.69, 9.17) is 0 Å². The highest BCUT2D eigenvalue weighted by Crippen LogP contribution is 2.46. The van der Waals surface area contributed by atoms with Gasteiger partial charge in [0.05, 0.1) is 0 Å². The number of aliphatic imine (C=N–C) groups is 1. The number of unbranched alkanes of at least 4 members (excludes halogenated alkanes) is 2. The molecule has 1 saturated heterocycles. The normalized spacial score (nSPS) is 21.0. The van der Waals surface area contributed by atoms with Crippen LogP contribution in [0.3, 0.4) is 0 Å². The highest BCUT2D eigenvalue weighted by Gasteiger charge is 2.53. The molecule has 0 aliphatic carbocycles. The van der Waals surface area contributed by atoms with Crippen molar-refractivity contribution < 1.29 is 0 Å². The van der Waals surface area contributed by atoms with Gasteiger partial charge in [-0.15, -0.1) is 24.0 Å². The van der Waals surface area contributed by atoms with Gasteiger partial charge in [-0.05, 0) is 20.3 Å². The second-order valence-corrected chi connectivity index (χ2v) is 6.21. The molecule has 1 N–H and O–H groups in total. The van der Waals surface area contributed by atoms with Gasteiger partial charge in [0.1, 0.15) is 0 Å². The van der Waals surface area contributed by atoms with Crippen molar-refractivity contribution in [1.82, 2.24) is 10.2 Å². The number of likely N-dealkylation sites (tertiary alicyclic amines) is 1. The number of nitrogens with zero attached hydrogens (tertiary/aromatic N) is 2. The fourth-order valence-corrected chi connectivity index (χ4v) is 2.27. The first-order valence-corrected chi connectivity index (χ1v) is 6.85. The monoisotopic (exact) mass is 367 g/mol. The zero-order chi connectivity index (χ0) is 13.1. The minimum Gasteiger partial charge on any atom is -0.356 e. The Kier molecular flexibility index (Phi) is 6.96. The Morgan fingerprint density at radius 2 is 1.83 bits per heavy atom. The lowest BCUT2D eigenvalue weighted by atomic mass is 9.65. The third-order valence-corrected chi connectivity index (χ3v) is 4.42. The molecule has 0 radical (unpaired) electrons. The van der Waals surface area contributed by atoms with Crippen molar-refractivity contribution in [3.05, 3.63) is 0 Å². The van der Waals surface area contributed by atoms with Gasteiger partial charge in [0.15, 0.2) is 5.96 Å². The van der Waals surface area contributed by atoms with Crippen LogP contribution in [0, 0.1) is 5.41 Å². The summed E-state index contributed by atoms with van der Waals surface area (Å²) in [5.41, 5.74) is 0.563. The molecule has 4 heteroatoms. The van der Waals surface area contributed by atoms with Gasteiger partial charge in [0.2, 0.25) is 0 Å². The molecule has 0 unspecified atom stereocenters. The van der Waals surface area contributed by atoms with Crippen LogP contribution in [-0.4, -0.2) is 36.5 Å². The minimum absolute atomic E-state index is 0. The molecule has 0 atom stereocenters. The van der Waals surface area contributed by atoms with E-state index in [0.717, 1.165) is 19.0 Å². The smallest absolute Gasteiger partial charge is 0.194 e. The molecule has 0 aromatic rings. The summed E-state index contributed by atoms with van der Waals surface area (Å²) >= 11 is 0. The van der Waals surface area contributed by atoms with Gasteiger partial charge in [-0.25, -0.2) is 0 Å². The van der Waals surface area contributed by atoms with Gasteiger partial charge in [-0.1, -0.05) is 33.6 Å². The first kappa shape index (κ1) is 18.0. The van der Waals surface area contributed by atoms with Gasteiger partial charge in [-0.3, -0.25) is 4.99 Å². The van der Waals surface area contributed by atoms with Crippen LogP contribution in [0.15, 0.2) is 4.99 Å². The topological polar surface area (TPSA) is 27.6 Å². The average Bonchev–Trinajstić information content (AvgIpc) is 2.27. The Morgan fingerprint density at radius 3 is 2.22 bits per heavy atom. The standard InChI is InChI=1S/C14H29N3.HI/c1-7-8-9-10-16-12(15-6)17-11-13(2,3)14(17,4)5;/h7-11H2,1-6H3,(H,15,16);1H. The Morgan fingerprint density at radius 1 is 1.22 bits per heavy atom. The number of nitrogens with one attached hydrogen (secondary N) is 1. The zero-order valence-electron chi connectivity index (χ0n) is 12.8. The Balaban J connectivity index is 0.00000289. The fourth-order valence-electron chi connectivity index (χ4n) is 2.27. The third kappa shape index (κ3) is 3.52. The first-order valence-electron chi connectivity index (χ1n) is 6.85. The van der Waals surface area contributed by atoms with Crippen molar-refractivity contribution in [2.75, 3.05) is 20.1 Å². The van der Waals surface area contributed by atoms with Gasteiger partial charge in [0, 0.05) is 31.1 Å². The van der Waals surface area contributed by atoms with Crippen molar-refractivity contribution in [1.29, 1.82) is 0 Å². The molecular weight excluding hydrogens is 337 g/mol. The highest BCUT2D eigenvalue weighted by atomic mass is 127. The second kappa shape index (κ2) is 6.96. The van der Waals surface area contributed by atoms with Crippen LogP contribution in [0.5, 0.6) is 0 Å². The molecule has 1 heterocycles. The van der Waals surface area contributed by atoms with E-state index in [1.807, 2.05) is 7.05 Å². The lowest BCUT2D eigenvalue weighted by Crippen LogP contribution is -2.72. The van der Waals surface area contributed by atoms with Crippen LogP contribution in [-0.2, 0) is 0 Å². The Bertz CT molecular complexity index is 285. The molecule has 0 aromatic carbocycles. The molecule has 0 aromatic heterocycles. The largest absolute Gasteiger partial charge is 0.356 e. The summed E-state index contributed by atoms with van der Waals surface area (Å²) in [7, 11) is 1.88. The lowest BCUT2D eigenvalue weighted by Gasteiger charge is -2.62. The number of guanidine groups is 1. The zero-order valence-corrected chi connectivity index (χ0v) is 15.2. The van der Waals surface area contributed by atoms with Crippen molar-refractivity contribution >= 4 is 29.9 Å². The summed E-state index contributed by atoms with van der Waals surface area (Å²) in [6, 6.07) is 0. The Hall–Kier alpha value is 0. The molecule has 0 spiro atoms. The number of hydrogen-bond donors (Lipinski definition) is 1. The van der Waals surface area contributed by atoms with Crippen molar-refractivity contribution in [3.63, 3.8) is 0 Å². The summed E-state index contributed by atoms with van der Waals surface area (Å²) < 4.78 is 0. The molecule has 108 valence electrons. The SMILES string of the molecule is CCCCCNC(=NC)N1CC(C)(C)C1(C)C.I. The summed E-state index contributed by atoms with van der Waals surface area (Å²) in [5, 5.41) is 3.48. The molecule has 0 amide bonds. The summed E-state index contributed by atoms with van der Waals surface area (Å²) in [6.45, 7) is 13.6. The average molecular weight is 367 g/mol. The first-order chi connectivity index (χ1) is 7.86. The summed E-state index contributed by atoms with van der Waals surface area (Å²) in [6.07, 6.45) is 3.79. The molecule has 1 aliphatic heterocycles. The van der Waals surface area contributed by atoms with Crippen molar-refractivity contribution in [2.24, 2.45) is 10.4 Å². The van der Waals surface area contributed by atoms with E-state index in [1.165, 1.54) is 19.3 Å². The summed E-state index contributed by atoms with van der Waals surface area (Å²) in [4.78, 5) is 6.79. The van der Waals surface area contributed by atoms with E-state index in [-0.39, 0.29) is 29.5 Å². The van der Waals surface area contributed by atoms with E-state index in [9.17, 15) is 0 Å². The highest BCUT2D eigenvalue weighted by molar-refractivity contribution is 14.0. The number of halogens is 1. The van der Waals surface area contributed by atoms with Crippen molar-refractivity contribution in [2.45, 2.75) is 59.4 Å². The molecule has 1 fully saturated rings. The van der Waals surface area contributed by atoms with Crippen LogP contribution in [0.1, 0.15) is 53.9 Å². The lowest BCUT2D eigenvalue weighted by molar-refractivity contribution is -0.0667. The van der Waals surface area contributed by atoms with E-state index >= 15 is 0 Å². The van der Waals surface area contributed by atoms with E-state index in [0.29, 0.717) is 5.41 Å². The predicted octanol–water partition coefficient (Wildman–Crippen LogP) is 3.49. The second-order valence-electron chi connectivity index (χ2n) is 6.21. The quantitative estimate of drug-likeness (QED) is 0.357. The van der Waals surface area contributed by atoms with Gasteiger partial charge >= 0.3 is 0 Å². The predicted molar refractivity (Wildman–Crippen MR) is 90.9 cm³/mol. The third-order valence-electron chi connectivity index (χ3n) is 4.42. The van der Waals surface area contributed by atoms with Crippen LogP contribution >= 0.6 is 24.0 Å². The molecule has 0 saturated carbocycles. The van der Waals surface area contributed by atoms with E-state index in [1.54, 1.807) is 0 Å². The van der Waals surface area contributed by atoms with Crippen LogP contribution in [0.4, 0.5) is 0 Å². The van der Waals surface area contributed by atoms with Crippen LogP contribution < -0.4 is 5.32 Å². The molecule has 1 rings (SSSR count). The maximum absolute atomic E-state index is 4.40. The number of rotatable bonds is 4. The molecule has 1 aliphatic rings. The van der Waals surface area contributed by atoms with Crippen LogP contribution in [0.2, 0.25) is 0 Å².